The number of aromatic carboxylic acids is 1. The maximum atomic E-state index is 11.1. The quantitative estimate of drug-likeness (QED) is 0.644. The van der Waals surface area contributed by atoms with Gasteiger partial charge in [0.2, 0.25) is 0 Å². The van der Waals surface area contributed by atoms with Crippen LogP contribution < -0.4 is 0 Å². The first kappa shape index (κ1) is 16.5. The molecule has 0 heterocycles. The summed E-state index contributed by atoms with van der Waals surface area (Å²) in [6, 6.07) is 3.62. The van der Waals surface area contributed by atoms with Gasteiger partial charge in [0.15, 0.2) is 0 Å². The summed E-state index contributed by atoms with van der Waals surface area (Å²) in [4.78, 5) is 11.1. The molecule has 0 aliphatic carbocycles. The Labute approximate surface area is 121 Å². The van der Waals surface area contributed by atoms with Gasteiger partial charge in [0.1, 0.15) is 11.3 Å². The highest BCUT2D eigenvalue weighted by atomic mass is 16.4. The van der Waals surface area contributed by atoms with E-state index in [0.717, 1.165) is 24.8 Å². The lowest BCUT2D eigenvalue weighted by molar-refractivity contribution is 0.0692. The smallest absolute Gasteiger partial charge is 0.339 e. The van der Waals surface area contributed by atoms with Crippen LogP contribution in [0.25, 0.3) is 0 Å². The lowest BCUT2D eigenvalue weighted by Gasteiger charge is -2.09. The number of carboxylic acids is 1. The predicted octanol–water partition coefficient (Wildman–Crippen LogP) is 4.69. The van der Waals surface area contributed by atoms with Crippen LogP contribution in [0.2, 0.25) is 0 Å². The van der Waals surface area contributed by atoms with E-state index < -0.39 is 5.97 Å². The third-order valence-electron chi connectivity index (χ3n) is 3.73. The van der Waals surface area contributed by atoms with Crippen molar-refractivity contribution in [1.82, 2.24) is 0 Å². The molecule has 2 N–H and O–H groups in total. The van der Waals surface area contributed by atoms with E-state index in [1.54, 1.807) is 13.0 Å². The second-order valence-corrected chi connectivity index (χ2v) is 5.44. The maximum absolute atomic E-state index is 11.1. The lowest BCUT2D eigenvalue weighted by Crippen LogP contribution is -2.02. The summed E-state index contributed by atoms with van der Waals surface area (Å²) in [5.41, 5.74) is 1.41. The van der Waals surface area contributed by atoms with Crippen LogP contribution >= 0.6 is 0 Å². The minimum atomic E-state index is -1.05. The van der Waals surface area contributed by atoms with E-state index in [1.165, 1.54) is 32.1 Å². The van der Waals surface area contributed by atoms with E-state index in [2.05, 4.69) is 6.92 Å². The fraction of sp³-hybridized carbons (Fsp3) is 0.588. The van der Waals surface area contributed by atoms with Gasteiger partial charge in [-0.1, -0.05) is 57.6 Å². The number of aryl methyl sites for hydroxylation is 2. The standard InChI is InChI=1S/C17H26O3/c1-3-4-5-6-7-8-9-10-14-12-11-13(2)15(16(14)18)17(19)20/h11-12,18H,3-10H2,1-2H3,(H,19,20). The molecule has 1 aromatic rings. The van der Waals surface area contributed by atoms with Crippen molar-refractivity contribution in [2.24, 2.45) is 0 Å². The summed E-state index contributed by atoms with van der Waals surface area (Å²) in [5.74, 6) is -1.11. The Bertz CT molecular complexity index is 438. The maximum Gasteiger partial charge on any atom is 0.339 e. The van der Waals surface area contributed by atoms with Crippen molar-refractivity contribution in [3.05, 3.63) is 28.8 Å². The van der Waals surface area contributed by atoms with Crippen LogP contribution in [0.4, 0.5) is 0 Å². The van der Waals surface area contributed by atoms with Crippen LogP contribution in [0.15, 0.2) is 12.1 Å². The van der Waals surface area contributed by atoms with E-state index in [0.29, 0.717) is 5.56 Å². The molecule has 0 fully saturated rings. The molecule has 112 valence electrons. The third-order valence-corrected chi connectivity index (χ3v) is 3.73. The Kier molecular flexibility index (Phi) is 7.13. The summed E-state index contributed by atoms with van der Waals surface area (Å²) >= 11 is 0. The van der Waals surface area contributed by atoms with Crippen LogP contribution in [-0.2, 0) is 6.42 Å². The topological polar surface area (TPSA) is 57.5 Å². The molecular weight excluding hydrogens is 252 g/mol. The fourth-order valence-electron chi connectivity index (χ4n) is 2.48. The molecule has 0 saturated carbocycles. The van der Waals surface area contributed by atoms with Gasteiger partial charge in [0.05, 0.1) is 0 Å². The first-order valence-electron chi connectivity index (χ1n) is 7.62. The molecule has 3 nitrogen and oxygen atoms in total. The van der Waals surface area contributed by atoms with Crippen molar-refractivity contribution >= 4 is 5.97 Å². The molecule has 0 radical (unpaired) electrons. The summed E-state index contributed by atoms with van der Waals surface area (Å²) < 4.78 is 0. The molecule has 3 heteroatoms. The Morgan fingerprint density at radius 1 is 1.05 bits per heavy atom. The van der Waals surface area contributed by atoms with E-state index in [-0.39, 0.29) is 11.3 Å². The molecular formula is C17H26O3. The summed E-state index contributed by atoms with van der Waals surface area (Å²) in [5, 5.41) is 19.1. The summed E-state index contributed by atoms with van der Waals surface area (Å²) in [6.07, 6.45) is 9.25. The lowest BCUT2D eigenvalue weighted by atomic mass is 9.98. The van der Waals surface area contributed by atoms with E-state index in [9.17, 15) is 9.90 Å². The zero-order valence-electron chi connectivity index (χ0n) is 12.6. The summed E-state index contributed by atoms with van der Waals surface area (Å²) in [7, 11) is 0. The van der Waals surface area contributed by atoms with E-state index in [4.69, 9.17) is 5.11 Å². The minimum Gasteiger partial charge on any atom is -0.507 e. The van der Waals surface area contributed by atoms with Gasteiger partial charge in [0.25, 0.3) is 0 Å². The molecule has 0 spiro atoms. The van der Waals surface area contributed by atoms with Crippen molar-refractivity contribution < 1.29 is 15.0 Å². The molecule has 0 aromatic heterocycles. The van der Waals surface area contributed by atoms with Gasteiger partial charge < -0.3 is 10.2 Å². The molecule has 20 heavy (non-hydrogen) atoms. The zero-order chi connectivity index (χ0) is 15.0. The Balaban J connectivity index is 2.45. The predicted molar refractivity (Wildman–Crippen MR) is 81.5 cm³/mol. The SMILES string of the molecule is CCCCCCCCCc1ccc(C)c(C(=O)O)c1O. The zero-order valence-corrected chi connectivity index (χ0v) is 12.6. The highest BCUT2D eigenvalue weighted by molar-refractivity contribution is 5.93. The van der Waals surface area contributed by atoms with E-state index >= 15 is 0 Å². The van der Waals surface area contributed by atoms with Gasteiger partial charge in [-0.05, 0) is 30.9 Å². The molecule has 0 unspecified atom stereocenters. The first-order chi connectivity index (χ1) is 9.57. The number of benzene rings is 1. The van der Waals surface area contributed by atoms with Crippen LogP contribution in [0.5, 0.6) is 5.75 Å². The van der Waals surface area contributed by atoms with Crippen LogP contribution in [0.1, 0.15) is 73.4 Å². The number of hydrogen-bond donors (Lipinski definition) is 2. The Morgan fingerprint density at radius 3 is 2.25 bits per heavy atom. The molecule has 0 aliphatic rings. The molecule has 0 aliphatic heterocycles. The number of aromatic hydroxyl groups is 1. The van der Waals surface area contributed by atoms with Gasteiger partial charge in [-0.3, -0.25) is 0 Å². The second kappa shape index (κ2) is 8.62. The van der Waals surface area contributed by atoms with Crippen LogP contribution in [0.3, 0.4) is 0 Å². The second-order valence-electron chi connectivity index (χ2n) is 5.44. The molecule has 0 atom stereocenters. The molecule has 1 rings (SSSR count). The number of carbonyl (C=O) groups is 1. The van der Waals surface area contributed by atoms with Crippen molar-refractivity contribution in [2.45, 2.75) is 65.2 Å². The number of unbranched alkanes of at least 4 members (excludes halogenated alkanes) is 6. The largest absolute Gasteiger partial charge is 0.507 e. The first-order valence-corrected chi connectivity index (χ1v) is 7.62. The Morgan fingerprint density at radius 2 is 1.65 bits per heavy atom. The third kappa shape index (κ3) is 4.87. The number of rotatable bonds is 9. The Hall–Kier alpha value is -1.51. The van der Waals surface area contributed by atoms with Gasteiger partial charge >= 0.3 is 5.97 Å². The van der Waals surface area contributed by atoms with Gasteiger partial charge in [-0.25, -0.2) is 4.79 Å². The van der Waals surface area contributed by atoms with Gasteiger partial charge in [-0.2, -0.15) is 0 Å². The van der Waals surface area contributed by atoms with Crippen molar-refractivity contribution in [1.29, 1.82) is 0 Å². The van der Waals surface area contributed by atoms with Gasteiger partial charge in [0, 0.05) is 0 Å². The van der Waals surface area contributed by atoms with Crippen molar-refractivity contribution in [3.8, 4) is 5.75 Å². The molecule has 1 aromatic carbocycles. The monoisotopic (exact) mass is 278 g/mol. The number of hydrogen-bond acceptors (Lipinski definition) is 2. The van der Waals surface area contributed by atoms with Gasteiger partial charge in [-0.15, -0.1) is 0 Å². The fourth-order valence-corrected chi connectivity index (χ4v) is 2.48. The number of phenols is 1. The highest BCUT2D eigenvalue weighted by Gasteiger charge is 2.15. The highest BCUT2D eigenvalue weighted by Crippen LogP contribution is 2.27. The van der Waals surface area contributed by atoms with Crippen molar-refractivity contribution in [2.75, 3.05) is 0 Å². The van der Waals surface area contributed by atoms with Crippen LogP contribution in [-0.4, -0.2) is 16.2 Å². The van der Waals surface area contributed by atoms with E-state index in [1.807, 2.05) is 6.07 Å². The number of carboxylic acid groups (broad SMARTS) is 1. The van der Waals surface area contributed by atoms with Crippen molar-refractivity contribution in [3.63, 3.8) is 0 Å². The molecule has 0 bridgehead atoms. The minimum absolute atomic E-state index is 0.0467. The average molecular weight is 278 g/mol. The normalized spacial score (nSPS) is 10.7. The molecule has 0 saturated heterocycles. The summed E-state index contributed by atoms with van der Waals surface area (Å²) in [6.45, 7) is 3.92. The molecule has 0 amide bonds. The average Bonchev–Trinajstić information content (AvgIpc) is 2.39. The van der Waals surface area contributed by atoms with Crippen LogP contribution in [0, 0.1) is 6.92 Å².